The van der Waals surface area contributed by atoms with E-state index < -0.39 is 5.97 Å². The van der Waals surface area contributed by atoms with Gasteiger partial charge in [0.1, 0.15) is 0 Å². The third kappa shape index (κ3) is 2.54. The summed E-state index contributed by atoms with van der Waals surface area (Å²) in [6.07, 6.45) is 0. The molecule has 0 saturated carbocycles. The largest absolute Gasteiger partial charge is 0.478 e. The van der Waals surface area contributed by atoms with Crippen LogP contribution in [-0.4, -0.2) is 18.1 Å². The van der Waals surface area contributed by atoms with Crippen molar-refractivity contribution in [2.45, 2.75) is 13.5 Å². The lowest BCUT2D eigenvalue weighted by Gasteiger charge is -2.23. The van der Waals surface area contributed by atoms with Gasteiger partial charge in [-0.15, -0.1) is 0 Å². The number of benzene rings is 1. The highest BCUT2D eigenvalue weighted by Gasteiger charge is 2.15. The summed E-state index contributed by atoms with van der Waals surface area (Å²) in [4.78, 5) is 13.2. The third-order valence-corrected chi connectivity index (χ3v) is 3.58. The minimum Gasteiger partial charge on any atom is -0.478 e. The molecule has 0 atom stereocenters. The Balaban J connectivity index is 2.34. The van der Waals surface area contributed by atoms with Crippen LogP contribution in [0.5, 0.6) is 0 Å². The lowest BCUT2D eigenvalue weighted by Crippen LogP contribution is -2.20. The Bertz CT molecular complexity index is 549. The zero-order valence-electron chi connectivity index (χ0n) is 10.4. The maximum absolute atomic E-state index is 11.3. The van der Waals surface area contributed by atoms with Crippen LogP contribution in [0.4, 0.5) is 5.69 Å². The van der Waals surface area contributed by atoms with E-state index in [4.69, 9.17) is 0 Å². The number of para-hydroxylation sites is 1. The number of carboxylic acid groups (broad SMARTS) is 1. The second kappa shape index (κ2) is 5.23. The molecule has 4 heteroatoms. The summed E-state index contributed by atoms with van der Waals surface area (Å²) in [5, 5.41) is 13.3. The highest BCUT2D eigenvalue weighted by Crippen LogP contribution is 2.26. The van der Waals surface area contributed by atoms with Gasteiger partial charge < -0.3 is 10.0 Å². The highest BCUT2D eigenvalue weighted by molar-refractivity contribution is 7.07. The third-order valence-electron chi connectivity index (χ3n) is 2.85. The van der Waals surface area contributed by atoms with E-state index in [1.165, 1.54) is 5.56 Å². The molecule has 0 unspecified atom stereocenters. The van der Waals surface area contributed by atoms with Crippen molar-refractivity contribution in [2.75, 3.05) is 11.9 Å². The molecule has 0 saturated heterocycles. The molecular weight excluding hydrogens is 246 g/mol. The van der Waals surface area contributed by atoms with Crippen LogP contribution in [0.2, 0.25) is 0 Å². The Kier molecular flexibility index (Phi) is 3.67. The minimum absolute atomic E-state index is 0.354. The second-order valence-electron chi connectivity index (χ2n) is 4.26. The van der Waals surface area contributed by atoms with E-state index in [0.717, 1.165) is 11.3 Å². The Morgan fingerprint density at radius 1 is 1.39 bits per heavy atom. The maximum atomic E-state index is 11.3. The van der Waals surface area contributed by atoms with Gasteiger partial charge in [-0.1, -0.05) is 12.1 Å². The Morgan fingerprint density at radius 2 is 2.17 bits per heavy atom. The van der Waals surface area contributed by atoms with Crippen LogP contribution < -0.4 is 4.90 Å². The van der Waals surface area contributed by atoms with Gasteiger partial charge in [0.2, 0.25) is 0 Å². The molecule has 1 aromatic carbocycles. The topological polar surface area (TPSA) is 40.5 Å². The molecule has 0 amide bonds. The Labute approximate surface area is 110 Å². The predicted octanol–water partition coefficient (Wildman–Crippen LogP) is 3.39. The minimum atomic E-state index is -0.883. The van der Waals surface area contributed by atoms with E-state index in [0.29, 0.717) is 12.1 Å². The molecule has 1 N–H and O–H groups in total. The van der Waals surface area contributed by atoms with Crippen LogP contribution in [0.15, 0.2) is 35.0 Å². The summed E-state index contributed by atoms with van der Waals surface area (Å²) in [7, 11) is 1.92. The second-order valence-corrected chi connectivity index (χ2v) is 5.04. The average Bonchev–Trinajstić information content (AvgIpc) is 2.81. The normalized spacial score (nSPS) is 10.3. The Morgan fingerprint density at radius 3 is 2.78 bits per heavy atom. The van der Waals surface area contributed by atoms with Crippen molar-refractivity contribution >= 4 is 23.0 Å². The summed E-state index contributed by atoms with van der Waals surface area (Å²) in [6, 6.07) is 7.42. The number of rotatable bonds is 4. The van der Waals surface area contributed by atoms with E-state index in [1.807, 2.05) is 30.3 Å². The van der Waals surface area contributed by atoms with E-state index in [-0.39, 0.29) is 0 Å². The first-order chi connectivity index (χ1) is 8.59. The summed E-state index contributed by atoms with van der Waals surface area (Å²) in [5.74, 6) is -0.883. The number of anilines is 1. The zero-order chi connectivity index (χ0) is 13.1. The first kappa shape index (κ1) is 12.6. The summed E-state index contributed by atoms with van der Waals surface area (Å²) in [6.45, 7) is 2.65. The van der Waals surface area contributed by atoms with Crippen LogP contribution in [0.1, 0.15) is 21.5 Å². The molecule has 2 aromatic rings. The van der Waals surface area contributed by atoms with Gasteiger partial charge in [-0.25, -0.2) is 4.79 Å². The lowest BCUT2D eigenvalue weighted by atomic mass is 10.1. The number of hydrogen-bond acceptors (Lipinski definition) is 3. The zero-order valence-corrected chi connectivity index (χ0v) is 11.2. The summed E-state index contributed by atoms with van der Waals surface area (Å²) >= 11 is 1.65. The van der Waals surface area contributed by atoms with Gasteiger partial charge in [-0.05, 0) is 40.9 Å². The molecule has 0 radical (unpaired) electrons. The number of nitrogens with zero attached hydrogens (tertiary/aromatic N) is 1. The van der Waals surface area contributed by atoms with Crippen molar-refractivity contribution in [3.05, 3.63) is 51.7 Å². The van der Waals surface area contributed by atoms with Crippen LogP contribution in [-0.2, 0) is 6.54 Å². The van der Waals surface area contributed by atoms with Crippen molar-refractivity contribution in [1.29, 1.82) is 0 Å². The molecule has 2 rings (SSSR count). The van der Waals surface area contributed by atoms with Crippen LogP contribution in [0, 0.1) is 6.92 Å². The Hall–Kier alpha value is -1.81. The number of thiophene rings is 1. The smallest absolute Gasteiger partial charge is 0.337 e. The van der Waals surface area contributed by atoms with Gasteiger partial charge in [0, 0.05) is 13.6 Å². The van der Waals surface area contributed by atoms with Gasteiger partial charge in [0.25, 0.3) is 0 Å². The fourth-order valence-corrected chi connectivity index (χ4v) is 2.73. The highest BCUT2D eigenvalue weighted by atomic mass is 32.1. The van der Waals surface area contributed by atoms with Crippen molar-refractivity contribution < 1.29 is 9.90 Å². The molecule has 0 aliphatic carbocycles. The lowest BCUT2D eigenvalue weighted by molar-refractivity contribution is 0.0697. The van der Waals surface area contributed by atoms with E-state index in [9.17, 15) is 9.90 Å². The molecule has 0 fully saturated rings. The van der Waals surface area contributed by atoms with Crippen LogP contribution >= 0.6 is 11.3 Å². The summed E-state index contributed by atoms with van der Waals surface area (Å²) < 4.78 is 0. The molecule has 0 spiro atoms. The molecule has 1 aromatic heterocycles. The van der Waals surface area contributed by atoms with Crippen LogP contribution in [0.3, 0.4) is 0 Å². The first-order valence-electron chi connectivity index (χ1n) is 5.64. The molecule has 94 valence electrons. The van der Waals surface area contributed by atoms with Gasteiger partial charge in [0.05, 0.1) is 11.3 Å². The monoisotopic (exact) mass is 261 g/mol. The molecule has 3 nitrogen and oxygen atoms in total. The van der Waals surface area contributed by atoms with Gasteiger partial charge in [-0.3, -0.25) is 0 Å². The molecule has 1 heterocycles. The summed E-state index contributed by atoms with van der Waals surface area (Å²) in [5.41, 5.74) is 3.32. The van der Waals surface area contributed by atoms with E-state index in [2.05, 4.69) is 11.4 Å². The number of carbonyl (C=O) groups is 1. The standard InChI is InChI=1S/C14H15NO2S/c1-10-4-3-5-12(14(16)17)13(10)15(2)8-11-6-7-18-9-11/h3-7,9H,8H2,1-2H3,(H,16,17). The predicted molar refractivity (Wildman–Crippen MR) is 74.6 cm³/mol. The van der Waals surface area contributed by atoms with Crippen molar-refractivity contribution in [2.24, 2.45) is 0 Å². The first-order valence-corrected chi connectivity index (χ1v) is 6.59. The van der Waals surface area contributed by atoms with Crippen molar-refractivity contribution in [3.8, 4) is 0 Å². The molecule has 0 aliphatic heterocycles. The van der Waals surface area contributed by atoms with Gasteiger partial charge in [-0.2, -0.15) is 11.3 Å². The maximum Gasteiger partial charge on any atom is 0.337 e. The number of aryl methyl sites for hydroxylation is 1. The van der Waals surface area contributed by atoms with E-state index in [1.54, 1.807) is 23.5 Å². The fourth-order valence-electron chi connectivity index (χ4n) is 2.07. The SMILES string of the molecule is Cc1cccc(C(=O)O)c1N(C)Cc1ccsc1. The molecule has 0 bridgehead atoms. The fraction of sp³-hybridized carbons (Fsp3) is 0.214. The quantitative estimate of drug-likeness (QED) is 0.917. The average molecular weight is 261 g/mol. The van der Waals surface area contributed by atoms with Crippen LogP contribution in [0.25, 0.3) is 0 Å². The molecule has 0 aliphatic rings. The van der Waals surface area contributed by atoms with E-state index >= 15 is 0 Å². The van der Waals surface area contributed by atoms with Gasteiger partial charge >= 0.3 is 5.97 Å². The molecular formula is C14H15NO2S. The number of carboxylic acids is 1. The number of hydrogen-bond donors (Lipinski definition) is 1. The number of aromatic carboxylic acids is 1. The molecule has 18 heavy (non-hydrogen) atoms. The van der Waals surface area contributed by atoms with Gasteiger partial charge in [0.15, 0.2) is 0 Å². The van der Waals surface area contributed by atoms with Crippen molar-refractivity contribution in [3.63, 3.8) is 0 Å². The van der Waals surface area contributed by atoms with Crippen molar-refractivity contribution in [1.82, 2.24) is 0 Å².